The highest BCUT2D eigenvalue weighted by Crippen LogP contribution is 2.26. The van der Waals surface area contributed by atoms with Gasteiger partial charge in [-0.25, -0.2) is 12.4 Å². The van der Waals surface area contributed by atoms with Crippen molar-refractivity contribution < 1.29 is 17.9 Å². The number of benzene rings is 2. The molecule has 1 heterocycles. The molecule has 0 fully saturated rings. The van der Waals surface area contributed by atoms with Gasteiger partial charge in [0.05, 0.1) is 23.9 Å². The third-order valence-electron chi connectivity index (χ3n) is 3.62. The fourth-order valence-corrected chi connectivity index (χ4v) is 3.90. The van der Waals surface area contributed by atoms with Crippen LogP contribution in [0.25, 0.3) is 10.9 Å². The Morgan fingerprint density at radius 3 is 2.39 bits per heavy atom. The molecular weight excluding hydrogens is 314 g/mol. The van der Waals surface area contributed by atoms with Crippen molar-refractivity contribution in [2.45, 2.75) is 11.3 Å². The Morgan fingerprint density at radius 2 is 1.70 bits per heavy atom. The molecule has 0 unspecified atom stereocenters. The SMILES string of the molecule is COC(=O)Cc1cn(S(=O)(=O)c2ccccc2)c2ccccc12. The predicted octanol–water partition coefficient (Wildman–Crippen LogP) is 2.59. The Hall–Kier alpha value is -2.60. The Morgan fingerprint density at radius 1 is 1.04 bits per heavy atom. The van der Waals surface area contributed by atoms with Crippen LogP contribution in [-0.2, 0) is 26.0 Å². The van der Waals surface area contributed by atoms with Crippen molar-refractivity contribution in [2.75, 3.05) is 7.11 Å². The third kappa shape index (κ3) is 2.73. The van der Waals surface area contributed by atoms with Crippen LogP contribution in [-0.4, -0.2) is 25.5 Å². The summed E-state index contributed by atoms with van der Waals surface area (Å²) in [5.74, 6) is -0.412. The molecule has 2 aromatic carbocycles. The minimum atomic E-state index is -3.72. The van der Waals surface area contributed by atoms with Crippen molar-refractivity contribution in [3.8, 4) is 0 Å². The van der Waals surface area contributed by atoms with Crippen LogP contribution in [0.15, 0.2) is 65.7 Å². The number of aromatic nitrogens is 1. The molecule has 0 saturated heterocycles. The fourth-order valence-electron chi connectivity index (χ4n) is 2.49. The van der Waals surface area contributed by atoms with Gasteiger partial charge in [-0.15, -0.1) is 0 Å². The van der Waals surface area contributed by atoms with Crippen LogP contribution < -0.4 is 0 Å². The van der Waals surface area contributed by atoms with Crippen LogP contribution in [0.3, 0.4) is 0 Å². The van der Waals surface area contributed by atoms with E-state index in [4.69, 9.17) is 0 Å². The molecule has 0 aliphatic heterocycles. The molecule has 0 atom stereocenters. The lowest BCUT2D eigenvalue weighted by atomic mass is 10.1. The molecule has 0 spiro atoms. The maximum Gasteiger partial charge on any atom is 0.310 e. The first-order chi connectivity index (χ1) is 11.0. The molecule has 6 heteroatoms. The Labute approximate surface area is 134 Å². The summed E-state index contributed by atoms with van der Waals surface area (Å²) in [5, 5.41) is 0.720. The molecule has 1 aromatic heterocycles. The Balaban J connectivity index is 2.21. The van der Waals surface area contributed by atoms with Gasteiger partial charge in [-0.1, -0.05) is 36.4 Å². The summed E-state index contributed by atoms with van der Waals surface area (Å²) in [6.07, 6.45) is 1.51. The largest absolute Gasteiger partial charge is 0.469 e. The van der Waals surface area contributed by atoms with Gasteiger partial charge in [-0.2, -0.15) is 0 Å². The molecule has 5 nitrogen and oxygen atoms in total. The number of carbonyl (C=O) groups is 1. The van der Waals surface area contributed by atoms with Crippen LogP contribution in [0.5, 0.6) is 0 Å². The highest BCUT2D eigenvalue weighted by atomic mass is 32.2. The van der Waals surface area contributed by atoms with Crippen molar-refractivity contribution in [3.05, 3.63) is 66.4 Å². The lowest BCUT2D eigenvalue weighted by Gasteiger charge is -2.07. The van der Waals surface area contributed by atoms with Gasteiger partial charge in [-0.3, -0.25) is 4.79 Å². The molecule has 0 amide bonds. The minimum Gasteiger partial charge on any atom is -0.469 e. The van der Waals surface area contributed by atoms with Crippen molar-refractivity contribution in [1.82, 2.24) is 3.97 Å². The third-order valence-corrected chi connectivity index (χ3v) is 5.31. The maximum absolute atomic E-state index is 12.9. The lowest BCUT2D eigenvalue weighted by Crippen LogP contribution is -2.11. The number of methoxy groups -OCH3 is 1. The average Bonchev–Trinajstić information content (AvgIpc) is 2.95. The molecule has 0 aliphatic carbocycles. The van der Waals surface area contributed by atoms with Crippen LogP contribution in [0.1, 0.15) is 5.56 Å². The normalized spacial score (nSPS) is 11.5. The standard InChI is InChI=1S/C17H15NO4S/c1-22-17(19)11-13-12-18(16-10-6-5-9-15(13)16)23(20,21)14-7-3-2-4-8-14/h2-10,12H,11H2,1H3. The van der Waals surface area contributed by atoms with E-state index in [1.165, 1.54) is 17.3 Å². The average molecular weight is 329 g/mol. The zero-order valence-electron chi connectivity index (χ0n) is 12.5. The van der Waals surface area contributed by atoms with Crippen molar-refractivity contribution >= 4 is 26.9 Å². The van der Waals surface area contributed by atoms with Gasteiger partial charge in [0.15, 0.2) is 0 Å². The van der Waals surface area contributed by atoms with E-state index in [1.807, 2.05) is 6.07 Å². The Bertz CT molecular complexity index is 959. The van der Waals surface area contributed by atoms with Crippen LogP contribution in [0.4, 0.5) is 0 Å². The van der Waals surface area contributed by atoms with Gasteiger partial charge >= 0.3 is 5.97 Å². The van der Waals surface area contributed by atoms with E-state index in [-0.39, 0.29) is 11.3 Å². The van der Waals surface area contributed by atoms with Crippen molar-refractivity contribution in [3.63, 3.8) is 0 Å². The first-order valence-electron chi connectivity index (χ1n) is 7.00. The summed E-state index contributed by atoms with van der Waals surface area (Å²) in [5.41, 5.74) is 1.15. The topological polar surface area (TPSA) is 65.4 Å². The van der Waals surface area contributed by atoms with Gasteiger partial charge in [0, 0.05) is 11.6 Å². The summed E-state index contributed by atoms with van der Waals surface area (Å²) >= 11 is 0. The second-order valence-corrected chi connectivity index (χ2v) is 6.85. The first-order valence-corrected chi connectivity index (χ1v) is 8.44. The van der Waals surface area contributed by atoms with Gasteiger partial charge in [0.2, 0.25) is 0 Å². The van der Waals surface area contributed by atoms with E-state index in [9.17, 15) is 13.2 Å². The van der Waals surface area contributed by atoms with Crippen molar-refractivity contribution in [2.24, 2.45) is 0 Å². The number of carbonyl (C=O) groups excluding carboxylic acids is 1. The molecule has 0 bridgehead atoms. The van der Waals surface area contributed by atoms with Gasteiger partial charge in [-0.05, 0) is 23.8 Å². The summed E-state index contributed by atoms with van der Waals surface area (Å²) in [6.45, 7) is 0. The minimum absolute atomic E-state index is 0.0221. The summed E-state index contributed by atoms with van der Waals surface area (Å²) in [4.78, 5) is 11.8. The molecule has 118 valence electrons. The maximum atomic E-state index is 12.9. The summed E-state index contributed by atoms with van der Waals surface area (Å²) in [7, 11) is -2.41. The quantitative estimate of drug-likeness (QED) is 0.690. The monoisotopic (exact) mass is 329 g/mol. The molecule has 0 aliphatic rings. The van der Waals surface area contributed by atoms with Gasteiger partial charge in [0.25, 0.3) is 10.0 Å². The zero-order valence-corrected chi connectivity index (χ0v) is 13.3. The van der Waals surface area contributed by atoms with E-state index in [1.54, 1.807) is 48.5 Å². The first kappa shape index (κ1) is 15.3. The van der Waals surface area contributed by atoms with E-state index in [0.29, 0.717) is 11.1 Å². The molecule has 0 saturated carbocycles. The molecular formula is C17H15NO4S. The second-order valence-electron chi connectivity index (χ2n) is 5.04. The van der Waals surface area contributed by atoms with E-state index in [0.717, 1.165) is 5.39 Å². The summed E-state index contributed by atoms with van der Waals surface area (Å²) < 4.78 is 31.6. The van der Waals surface area contributed by atoms with Gasteiger partial charge in [0.1, 0.15) is 0 Å². The Kier molecular flexibility index (Phi) is 3.92. The number of rotatable bonds is 4. The second kappa shape index (κ2) is 5.89. The molecule has 3 rings (SSSR count). The number of hydrogen-bond acceptors (Lipinski definition) is 4. The van der Waals surface area contributed by atoms with Crippen LogP contribution in [0, 0.1) is 0 Å². The molecule has 0 N–H and O–H groups in total. The molecule has 3 aromatic rings. The number of fused-ring (bicyclic) bond motifs is 1. The molecule has 23 heavy (non-hydrogen) atoms. The zero-order chi connectivity index (χ0) is 16.4. The molecule has 0 radical (unpaired) electrons. The van der Waals surface area contributed by atoms with E-state index in [2.05, 4.69) is 4.74 Å². The smallest absolute Gasteiger partial charge is 0.310 e. The number of hydrogen-bond donors (Lipinski definition) is 0. The van der Waals surface area contributed by atoms with Crippen LogP contribution >= 0.6 is 0 Å². The van der Waals surface area contributed by atoms with Crippen molar-refractivity contribution in [1.29, 1.82) is 0 Å². The highest BCUT2D eigenvalue weighted by Gasteiger charge is 2.21. The lowest BCUT2D eigenvalue weighted by molar-refractivity contribution is -0.139. The fraction of sp³-hybridized carbons (Fsp3) is 0.118. The number of para-hydroxylation sites is 1. The predicted molar refractivity (Wildman–Crippen MR) is 86.7 cm³/mol. The number of nitrogens with zero attached hydrogens (tertiary/aromatic N) is 1. The van der Waals surface area contributed by atoms with Crippen LogP contribution in [0.2, 0.25) is 0 Å². The van der Waals surface area contributed by atoms with Gasteiger partial charge < -0.3 is 4.74 Å². The van der Waals surface area contributed by atoms with E-state index < -0.39 is 16.0 Å². The summed E-state index contributed by atoms with van der Waals surface area (Å²) in [6, 6.07) is 15.3. The highest BCUT2D eigenvalue weighted by molar-refractivity contribution is 7.90. The number of esters is 1. The van der Waals surface area contributed by atoms with E-state index >= 15 is 0 Å². The number of ether oxygens (including phenoxy) is 1.